The van der Waals surface area contributed by atoms with Gasteiger partial charge in [0.05, 0.1) is 6.10 Å². The number of nitrogens with one attached hydrogen (secondary N) is 2. The molecule has 6 heteroatoms. The van der Waals surface area contributed by atoms with Crippen molar-refractivity contribution < 1.29 is 9.53 Å². The molecule has 6 nitrogen and oxygen atoms in total. The summed E-state index contributed by atoms with van der Waals surface area (Å²) in [5.74, 6) is 1.55. The van der Waals surface area contributed by atoms with E-state index in [4.69, 9.17) is 4.74 Å². The van der Waals surface area contributed by atoms with Crippen LogP contribution in [-0.2, 0) is 11.2 Å². The van der Waals surface area contributed by atoms with E-state index in [0.717, 1.165) is 43.1 Å². The number of ether oxygens (including phenoxy) is 1. The normalized spacial score (nSPS) is 27.5. The average molecular weight is 385 g/mol. The highest BCUT2D eigenvalue weighted by Gasteiger charge is 2.66. The number of hydrogen-bond donors (Lipinski definition) is 2. The topological polar surface area (TPSA) is 66.0 Å². The molecule has 1 aromatic rings. The predicted molar refractivity (Wildman–Crippen MR) is 111 cm³/mol. The lowest BCUT2D eigenvalue weighted by Gasteiger charge is -2.63. The minimum Gasteiger partial charge on any atom is -0.377 e. The quantitative estimate of drug-likeness (QED) is 0.602. The minimum atomic E-state index is 0.0383. The van der Waals surface area contributed by atoms with Gasteiger partial charge in [-0.05, 0) is 43.4 Å². The van der Waals surface area contributed by atoms with E-state index in [1.165, 1.54) is 19.3 Å². The first-order valence-corrected chi connectivity index (χ1v) is 10.4. The first-order valence-electron chi connectivity index (χ1n) is 10.4. The lowest BCUT2D eigenvalue weighted by Crippen LogP contribution is -2.72. The van der Waals surface area contributed by atoms with Crippen molar-refractivity contribution in [3.8, 4) is 0 Å². The summed E-state index contributed by atoms with van der Waals surface area (Å²) >= 11 is 0. The molecule has 1 heterocycles. The van der Waals surface area contributed by atoms with Gasteiger partial charge < -0.3 is 20.3 Å². The van der Waals surface area contributed by atoms with Crippen molar-refractivity contribution >= 4 is 11.9 Å². The first kappa shape index (κ1) is 19.2. The predicted octanol–water partition coefficient (Wildman–Crippen LogP) is 2.05. The molecule has 1 aliphatic heterocycles. The van der Waals surface area contributed by atoms with Crippen LogP contribution in [0, 0.1) is 11.3 Å². The smallest absolute Gasteiger partial charge is 0.253 e. The van der Waals surface area contributed by atoms with Gasteiger partial charge in [0.15, 0.2) is 5.96 Å². The van der Waals surface area contributed by atoms with E-state index in [1.54, 1.807) is 19.0 Å². The van der Waals surface area contributed by atoms with Gasteiger partial charge in [0.1, 0.15) is 0 Å². The van der Waals surface area contributed by atoms with Gasteiger partial charge in [0.25, 0.3) is 5.91 Å². The Morgan fingerprint density at radius 3 is 2.86 bits per heavy atom. The van der Waals surface area contributed by atoms with Crippen LogP contribution in [0.15, 0.2) is 29.3 Å². The molecular formula is C22H32N4O2. The third-order valence-electron chi connectivity index (χ3n) is 6.84. The summed E-state index contributed by atoms with van der Waals surface area (Å²) in [6, 6.07) is 8.36. The van der Waals surface area contributed by atoms with E-state index >= 15 is 0 Å². The standard InChI is InChI=1S/C22H32N4O2/c1-23-21(25-18-17-9-13-28-19(17)22(18)10-5-11-22)24-12-8-15-6-4-7-16(14-15)20(27)26(2)3/h4,6-7,14,17-19H,5,8-13H2,1-3H3,(H2,23,24,25). The van der Waals surface area contributed by atoms with Crippen LogP contribution in [0.2, 0.25) is 0 Å². The molecule has 3 aliphatic rings. The molecule has 152 valence electrons. The van der Waals surface area contributed by atoms with Gasteiger partial charge in [-0.1, -0.05) is 18.6 Å². The monoisotopic (exact) mass is 384 g/mol. The maximum Gasteiger partial charge on any atom is 0.253 e. The third-order valence-corrected chi connectivity index (χ3v) is 6.84. The van der Waals surface area contributed by atoms with E-state index in [2.05, 4.69) is 21.7 Å². The number of carbonyl (C=O) groups is 1. The van der Waals surface area contributed by atoms with Crippen LogP contribution in [0.3, 0.4) is 0 Å². The second kappa shape index (κ2) is 7.74. The molecule has 2 N–H and O–H groups in total. The van der Waals surface area contributed by atoms with E-state index in [-0.39, 0.29) is 5.91 Å². The van der Waals surface area contributed by atoms with E-state index in [9.17, 15) is 4.79 Å². The summed E-state index contributed by atoms with van der Waals surface area (Å²) in [4.78, 5) is 18.2. The summed E-state index contributed by atoms with van der Waals surface area (Å²) in [6.45, 7) is 1.69. The van der Waals surface area contributed by atoms with Crippen LogP contribution in [0.5, 0.6) is 0 Å². The maximum atomic E-state index is 12.1. The van der Waals surface area contributed by atoms with Gasteiger partial charge in [0, 0.05) is 57.2 Å². The van der Waals surface area contributed by atoms with Gasteiger partial charge >= 0.3 is 0 Å². The Labute approximate surface area is 167 Å². The highest BCUT2D eigenvalue weighted by molar-refractivity contribution is 5.94. The minimum absolute atomic E-state index is 0.0383. The molecule has 1 saturated heterocycles. The molecule has 1 aromatic carbocycles. The van der Waals surface area contributed by atoms with E-state index in [0.29, 0.717) is 23.5 Å². The van der Waals surface area contributed by atoms with Gasteiger partial charge in [0.2, 0.25) is 0 Å². The molecule has 3 unspecified atom stereocenters. The second-order valence-electron chi connectivity index (χ2n) is 8.60. The molecule has 2 aliphatic carbocycles. The molecule has 3 atom stereocenters. The molecular weight excluding hydrogens is 352 g/mol. The molecule has 0 radical (unpaired) electrons. The fourth-order valence-electron chi connectivity index (χ4n) is 5.24. The summed E-state index contributed by atoms with van der Waals surface area (Å²) in [7, 11) is 5.39. The summed E-state index contributed by atoms with van der Waals surface area (Å²) in [5.41, 5.74) is 2.23. The van der Waals surface area contributed by atoms with Crippen molar-refractivity contribution in [3.63, 3.8) is 0 Å². The zero-order chi connectivity index (χ0) is 19.7. The van der Waals surface area contributed by atoms with Crippen LogP contribution in [0.25, 0.3) is 0 Å². The number of rotatable bonds is 5. The number of carbonyl (C=O) groups excluding carboxylic acids is 1. The van der Waals surface area contributed by atoms with Gasteiger partial charge in [-0.2, -0.15) is 0 Å². The fourth-order valence-corrected chi connectivity index (χ4v) is 5.24. The summed E-state index contributed by atoms with van der Waals surface area (Å²) < 4.78 is 6.01. The highest BCUT2D eigenvalue weighted by Crippen LogP contribution is 2.62. The molecule has 1 amide bonds. The van der Waals surface area contributed by atoms with E-state index < -0.39 is 0 Å². The molecule has 0 aromatic heterocycles. The molecule has 3 fully saturated rings. The molecule has 1 spiro atoms. The Morgan fingerprint density at radius 2 is 2.18 bits per heavy atom. The number of guanidine groups is 1. The summed E-state index contributed by atoms with van der Waals surface area (Å²) in [5, 5.41) is 7.15. The van der Waals surface area contributed by atoms with Crippen molar-refractivity contribution in [1.29, 1.82) is 0 Å². The number of hydrogen-bond acceptors (Lipinski definition) is 3. The van der Waals surface area contributed by atoms with Crippen LogP contribution < -0.4 is 10.6 Å². The van der Waals surface area contributed by atoms with Crippen LogP contribution >= 0.6 is 0 Å². The van der Waals surface area contributed by atoms with Crippen LogP contribution in [0.1, 0.15) is 41.6 Å². The number of aliphatic imine (C=N–C) groups is 1. The van der Waals surface area contributed by atoms with Gasteiger partial charge in [-0.25, -0.2) is 0 Å². The van der Waals surface area contributed by atoms with E-state index in [1.807, 2.05) is 25.2 Å². The first-order chi connectivity index (χ1) is 13.5. The van der Waals surface area contributed by atoms with Crippen molar-refractivity contribution in [2.24, 2.45) is 16.3 Å². The van der Waals surface area contributed by atoms with Gasteiger partial charge in [-0.15, -0.1) is 0 Å². The van der Waals surface area contributed by atoms with Crippen molar-refractivity contribution in [1.82, 2.24) is 15.5 Å². The number of nitrogens with zero attached hydrogens (tertiary/aromatic N) is 2. The average Bonchev–Trinajstić information content (AvgIpc) is 3.07. The Morgan fingerprint density at radius 1 is 1.36 bits per heavy atom. The third kappa shape index (κ3) is 3.28. The molecule has 28 heavy (non-hydrogen) atoms. The lowest BCUT2D eigenvalue weighted by molar-refractivity contribution is -0.171. The number of amides is 1. The van der Waals surface area contributed by atoms with Crippen molar-refractivity contribution in [2.45, 2.75) is 44.2 Å². The molecule has 0 bridgehead atoms. The van der Waals surface area contributed by atoms with Crippen molar-refractivity contribution in [2.75, 3.05) is 34.3 Å². The maximum absolute atomic E-state index is 12.1. The highest BCUT2D eigenvalue weighted by atomic mass is 16.5. The lowest BCUT2D eigenvalue weighted by atomic mass is 9.46. The Kier molecular flexibility index (Phi) is 5.32. The van der Waals surface area contributed by atoms with Crippen molar-refractivity contribution in [3.05, 3.63) is 35.4 Å². The number of benzene rings is 1. The van der Waals surface area contributed by atoms with Crippen LogP contribution in [0.4, 0.5) is 0 Å². The zero-order valence-electron chi connectivity index (χ0n) is 17.2. The zero-order valence-corrected chi connectivity index (χ0v) is 17.2. The van der Waals surface area contributed by atoms with Gasteiger partial charge in [-0.3, -0.25) is 9.79 Å². The Bertz CT molecular complexity index is 757. The Balaban J connectivity index is 1.31. The molecule has 4 rings (SSSR count). The Hall–Kier alpha value is -2.08. The molecule has 2 saturated carbocycles. The fraction of sp³-hybridized carbons (Fsp3) is 0.636. The number of fused-ring (bicyclic) bond motifs is 2. The van der Waals surface area contributed by atoms with Crippen LogP contribution in [-0.4, -0.2) is 63.2 Å². The SMILES string of the molecule is CN=C(NCCc1cccc(C(=O)N(C)C)c1)NC1C2CCOC2C12CCC2. The largest absolute Gasteiger partial charge is 0.377 e. The summed E-state index contributed by atoms with van der Waals surface area (Å²) in [6.07, 6.45) is 6.34. The second-order valence-corrected chi connectivity index (χ2v) is 8.60.